The summed E-state index contributed by atoms with van der Waals surface area (Å²) in [6.45, 7) is 0.630. The zero-order chi connectivity index (χ0) is 21.9. The summed E-state index contributed by atoms with van der Waals surface area (Å²) in [6.07, 6.45) is 0. The van der Waals surface area contributed by atoms with Crippen LogP contribution in [0.15, 0.2) is 58.3 Å². The normalized spacial score (nSPS) is 15.8. The molecule has 6 nitrogen and oxygen atoms in total. The van der Waals surface area contributed by atoms with Gasteiger partial charge in [-0.1, -0.05) is 0 Å². The minimum Gasteiger partial charge on any atom is -0.497 e. The van der Waals surface area contributed by atoms with Gasteiger partial charge in [-0.05, 0) is 60.3 Å². The van der Waals surface area contributed by atoms with Crippen molar-refractivity contribution in [1.82, 2.24) is 9.21 Å². The van der Waals surface area contributed by atoms with Crippen molar-refractivity contribution in [2.45, 2.75) is 15.3 Å². The van der Waals surface area contributed by atoms with Crippen LogP contribution in [-0.2, 0) is 10.0 Å². The molecule has 162 valence electrons. The molecule has 0 unspecified atom stereocenters. The topological polar surface area (TPSA) is 66.9 Å². The van der Waals surface area contributed by atoms with E-state index in [1.165, 1.54) is 52.7 Å². The molecule has 0 saturated carbocycles. The van der Waals surface area contributed by atoms with Crippen LogP contribution in [0.3, 0.4) is 0 Å². The number of sulfonamides is 1. The lowest BCUT2D eigenvalue weighted by Gasteiger charge is -2.34. The third-order valence-corrected chi connectivity index (χ3v) is 7.21. The number of thioether (sulfide) groups is 1. The minimum absolute atomic E-state index is 0.00513. The smallest absolute Gasteiger partial charge is 0.446 e. The number of piperazine rings is 1. The van der Waals surface area contributed by atoms with E-state index in [-0.39, 0.29) is 59.2 Å². The van der Waals surface area contributed by atoms with Crippen LogP contribution >= 0.6 is 11.8 Å². The van der Waals surface area contributed by atoms with Crippen LogP contribution in [0, 0.1) is 0 Å². The van der Waals surface area contributed by atoms with Crippen LogP contribution in [0.4, 0.5) is 13.2 Å². The predicted molar refractivity (Wildman–Crippen MR) is 106 cm³/mol. The van der Waals surface area contributed by atoms with Gasteiger partial charge in [-0.25, -0.2) is 8.42 Å². The first-order valence-corrected chi connectivity index (χ1v) is 11.1. The Labute approximate surface area is 176 Å². The lowest BCUT2D eigenvalue weighted by molar-refractivity contribution is -0.0328. The van der Waals surface area contributed by atoms with Gasteiger partial charge in [0.25, 0.3) is 5.91 Å². The summed E-state index contributed by atoms with van der Waals surface area (Å²) in [5, 5.41) is 0. The van der Waals surface area contributed by atoms with E-state index in [2.05, 4.69) is 0 Å². The summed E-state index contributed by atoms with van der Waals surface area (Å²) in [4.78, 5) is 14.2. The highest BCUT2D eigenvalue weighted by atomic mass is 32.2. The van der Waals surface area contributed by atoms with Gasteiger partial charge in [-0.3, -0.25) is 4.79 Å². The Morgan fingerprint density at radius 2 is 1.53 bits per heavy atom. The summed E-state index contributed by atoms with van der Waals surface area (Å²) >= 11 is -0.246. The zero-order valence-corrected chi connectivity index (χ0v) is 17.6. The fourth-order valence-electron chi connectivity index (χ4n) is 3.01. The van der Waals surface area contributed by atoms with E-state index in [1.807, 2.05) is 0 Å². The number of benzene rings is 2. The molecule has 2 aromatic carbocycles. The number of hydrogen-bond acceptors (Lipinski definition) is 5. The van der Waals surface area contributed by atoms with Gasteiger partial charge in [-0.2, -0.15) is 17.5 Å². The molecule has 0 bridgehead atoms. The lowest BCUT2D eigenvalue weighted by atomic mass is 10.2. The average Bonchev–Trinajstić information content (AvgIpc) is 2.73. The maximum absolute atomic E-state index is 12.8. The van der Waals surface area contributed by atoms with E-state index in [1.54, 1.807) is 12.1 Å². The maximum atomic E-state index is 12.8. The second-order valence-electron chi connectivity index (χ2n) is 6.44. The number of rotatable bonds is 5. The number of nitrogens with zero attached hydrogens (tertiary/aromatic N) is 2. The van der Waals surface area contributed by atoms with Crippen molar-refractivity contribution in [3.8, 4) is 5.75 Å². The molecule has 0 aliphatic carbocycles. The Morgan fingerprint density at radius 3 is 2.03 bits per heavy atom. The zero-order valence-electron chi connectivity index (χ0n) is 15.9. The molecule has 1 amide bonds. The monoisotopic (exact) mass is 460 g/mol. The van der Waals surface area contributed by atoms with Gasteiger partial charge in [0.1, 0.15) is 5.75 Å². The van der Waals surface area contributed by atoms with Gasteiger partial charge in [0.05, 0.1) is 12.0 Å². The van der Waals surface area contributed by atoms with Crippen LogP contribution in [0.25, 0.3) is 0 Å². The van der Waals surface area contributed by atoms with Crippen molar-refractivity contribution in [2.75, 3.05) is 33.3 Å². The van der Waals surface area contributed by atoms with Gasteiger partial charge in [0.2, 0.25) is 10.0 Å². The number of hydrogen-bond donors (Lipinski definition) is 0. The molecule has 1 saturated heterocycles. The van der Waals surface area contributed by atoms with Crippen LogP contribution in [0.5, 0.6) is 5.75 Å². The van der Waals surface area contributed by atoms with E-state index < -0.39 is 15.5 Å². The number of carbonyl (C=O) groups is 1. The Kier molecular flexibility index (Phi) is 6.63. The highest BCUT2D eigenvalue weighted by Gasteiger charge is 2.31. The quantitative estimate of drug-likeness (QED) is 0.640. The number of halogens is 3. The predicted octanol–water partition coefficient (Wildman–Crippen LogP) is 3.45. The Balaban J connectivity index is 1.62. The Hall–Kier alpha value is -2.24. The Bertz CT molecular complexity index is 986. The molecule has 0 aromatic heterocycles. The standard InChI is InChI=1S/C19H19F3N2O4S2/c1-28-15-4-8-17(9-5-15)30(26,27)24-12-10-23(11-13-24)18(25)14-2-6-16(7-3-14)29-19(20,21)22/h2-9H,10-13H2,1H3. The minimum atomic E-state index is -4.39. The third kappa shape index (κ3) is 5.27. The number of ether oxygens (including phenoxy) is 1. The molecule has 3 rings (SSSR count). The van der Waals surface area contributed by atoms with Crippen molar-refractivity contribution in [1.29, 1.82) is 0 Å². The number of alkyl halides is 3. The molecule has 0 N–H and O–H groups in total. The molecular formula is C19H19F3N2O4S2. The van der Waals surface area contributed by atoms with Crippen LogP contribution in [0.1, 0.15) is 10.4 Å². The first-order valence-electron chi connectivity index (χ1n) is 8.89. The first kappa shape index (κ1) is 22.4. The van der Waals surface area contributed by atoms with Gasteiger partial charge >= 0.3 is 5.51 Å². The van der Waals surface area contributed by atoms with E-state index in [9.17, 15) is 26.4 Å². The average molecular weight is 460 g/mol. The van der Waals surface area contributed by atoms with E-state index in [0.29, 0.717) is 5.75 Å². The fourth-order valence-corrected chi connectivity index (χ4v) is 4.97. The number of carbonyl (C=O) groups excluding carboxylic acids is 1. The molecule has 0 spiro atoms. The van der Waals surface area contributed by atoms with Gasteiger partial charge in [0.15, 0.2) is 0 Å². The molecule has 2 aromatic rings. The Morgan fingerprint density at radius 1 is 0.967 bits per heavy atom. The van der Waals surface area contributed by atoms with Crippen LogP contribution < -0.4 is 4.74 Å². The summed E-state index contributed by atoms with van der Waals surface area (Å²) in [7, 11) is -2.20. The molecule has 0 radical (unpaired) electrons. The van der Waals surface area contributed by atoms with Crippen molar-refractivity contribution >= 4 is 27.7 Å². The molecule has 11 heteroatoms. The van der Waals surface area contributed by atoms with Crippen molar-refractivity contribution in [3.05, 3.63) is 54.1 Å². The van der Waals surface area contributed by atoms with E-state index in [4.69, 9.17) is 4.74 Å². The van der Waals surface area contributed by atoms with Crippen molar-refractivity contribution in [2.24, 2.45) is 0 Å². The van der Waals surface area contributed by atoms with Crippen LogP contribution in [0.2, 0.25) is 0 Å². The first-order chi connectivity index (χ1) is 14.1. The van der Waals surface area contributed by atoms with Gasteiger partial charge in [-0.15, -0.1) is 0 Å². The molecule has 1 aliphatic heterocycles. The second kappa shape index (κ2) is 8.86. The molecule has 30 heavy (non-hydrogen) atoms. The summed E-state index contributed by atoms with van der Waals surface area (Å²) in [6, 6.07) is 11.2. The number of methoxy groups -OCH3 is 1. The molecule has 1 heterocycles. The highest BCUT2D eigenvalue weighted by molar-refractivity contribution is 8.00. The van der Waals surface area contributed by atoms with Crippen molar-refractivity contribution < 1.29 is 31.1 Å². The SMILES string of the molecule is COc1ccc(S(=O)(=O)N2CCN(C(=O)c3ccc(SC(F)(F)F)cc3)CC2)cc1. The summed E-state index contributed by atoms with van der Waals surface area (Å²) < 4.78 is 69.1. The van der Waals surface area contributed by atoms with E-state index in [0.717, 1.165) is 0 Å². The maximum Gasteiger partial charge on any atom is 0.446 e. The van der Waals surface area contributed by atoms with Gasteiger partial charge in [0, 0.05) is 36.6 Å². The largest absolute Gasteiger partial charge is 0.497 e. The lowest BCUT2D eigenvalue weighted by Crippen LogP contribution is -2.50. The second-order valence-corrected chi connectivity index (χ2v) is 9.52. The van der Waals surface area contributed by atoms with Crippen LogP contribution in [-0.4, -0.2) is 62.3 Å². The molecule has 0 atom stereocenters. The van der Waals surface area contributed by atoms with Gasteiger partial charge < -0.3 is 9.64 Å². The number of amides is 1. The molecule has 1 aliphatic rings. The molecular weight excluding hydrogens is 441 g/mol. The molecule has 1 fully saturated rings. The summed E-state index contributed by atoms with van der Waals surface area (Å²) in [5.41, 5.74) is -4.13. The van der Waals surface area contributed by atoms with Crippen molar-refractivity contribution in [3.63, 3.8) is 0 Å². The third-order valence-electron chi connectivity index (χ3n) is 4.56. The highest BCUT2D eigenvalue weighted by Crippen LogP contribution is 2.36. The summed E-state index contributed by atoms with van der Waals surface area (Å²) in [5.74, 6) is 0.198. The van der Waals surface area contributed by atoms with E-state index >= 15 is 0 Å². The fraction of sp³-hybridized carbons (Fsp3) is 0.316.